The molecule has 3 fully saturated rings. The summed E-state index contributed by atoms with van der Waals surface area (Å²) in [5, 5.41) is 17.0. The van der Waals surface area contributed by atoms with Crippen LogP contribution in [0.4, 0.5) is 13.2 Å². The third-order valence-corrected chi connectivity index (χ3v) is 8.21. The van der Waals surface area contributed by atoms with Crippen LogP contribution in [0.5, 0.6) is 0 Å². The number of hydrogen-bond donors (Lipinski definition) is 3. The Morgan fingerprint density at radius 3 is 2.38 bits per heavy atom. The topological polar surface area (TPSA) is 141 Å². The van der Waals surface area contributed by atoms with Gasteiger partial charge in [0.1, 0.15) is 18.1 Å². The highest BCUT2D eigenvalue weighted by Crippen LogP contribution is 2.65. The normalized spacial score (nSPS) is 28.9. The molecule has 0 aromatic rings. The van der Waals surface area contributed by atoms with E-state index >= 15 is 0 Å². The standard InChI is InChI=1S/C26H38F3N5O5/c1-7-8-39-13(2)18(32-23(38)26(27,28)29)22(37)34-12-16-17(25(16,5)6)19(34)21(36)31-15(11-30)9-14-10-24(3,4)33-20(14)35/h13-19H,7-10,12H2,1-6H3,(H,31,36)(H,32,38)(H,33,35). The fourth-order valence-corrected chi connectivity index (χ4v) is 6.07. The van der Waals surface area contributed by atoms with E-state index < -0.39 is 59.6 Å². The maximum Gasteiger partial charge on any atom is 0.471 e. The molecule has 13 heteroatoms. The van der Waals surface area contributed by atoms with Gasteiger partial charge in [-0.05, 0) is 57.3 Å². The first-order chi connectivity index (χ1) is 17.9. The van der Waals surface area contributed by atoms with Gasteiger partial charge in [0, 0.05) is 24.6 Å². The molecular formula is C26H38F3N5O5. The molecule has 0 aromatic carbocycles. The molecule has 0 aromatic heterocycles. The summed E-state index contributed by atoms with van der Waals surface area (Å²) in [5.74, 6) is -4.79. The number of piperidine rings is 1. The lowest BCUT2D eigenvalue weighted by molar-refractivity contribution is -0.176. The lowest BCUT2D eigenvalue weighted by Gasteiger charge is -2.35. The Morgan fingerprint density at radius 2 is 1.87 bits per heavy atom. The second-order valence-corrected chi connectivity index (χ2v) is 12.1. The SMILES string of the molecule is CCCOC(C)C(NC(=O)C(F)(F)F)C(=O)N1CC2C(C1C(=O)NC(C#N)CC1CC(C)(C)NC1=O)C2(C)C. The lowest BCUT2D eigenvalue weighted by Crippen LogP contribution is -2.60. The molecule has 2 aliphatic heterocycles. The summed E-state index contributed by atoms with van der Waals surface area (Å²) in [7, 11) is 0. The van der Waals surface area contributed by atoms with Crippen LogP contribution in [0, 0.1) is 34.5 Å². The second kappa shape index (κ2) is 10.9. The van der Waals surface area contributed by atoms with E-state index in [-0.39, 0.29) is 42.7 Å². The largest absolute Gasteiger partial charge is 0.471 e. The van der Waals surface area contributed by atoms with Gasteiger partial charge in [-0.2, -0.15) is 18.4 Å². The van der Waals surface area contributed by atoms with Crippen LogP contribution < -0.4 is 16.0 Å². The zero-order valence-electron chi connectivity index (χ0n) is 23.1. The highest BCUT2D eigenvalue weighted by Gasteiger charge is 2.69. The lowest BCUT2D eigenvalue weighted by atomic mass is 9.91. The molecule has 3 aliphatic rings. The van der Waals surface area contributed by atoms with Crippen LogP contribution in [0.3, 0.4) is 0 Å². The quantitative estimate of drug-likeness (QED) is 0.373. The predicted octanol–water partition coefficient (Wildman–Crippen LogP) is 1.64. The molecule has 39 heavy (non-hydrogen) atoms. The number of likely N-dealkylation sites (tertiary alicyclic amines) is 1. The average Bonchev–Trinajstić information content (AvgIpc) is 3.12. The van der Waals surface area contributed by atoms with Gasteiger partial charge in [0.2, 0.25) is 17.7 Å². The maximum atomic E-state index is 13.6. The van der Waals surface area contributed by atoms with Gasteiger partial charge in [0.25, 0.3) is 0 Å². The maximum absolute atomic E-state index is 13.6. The molecule has 3 rings (SSSR count). The number of nitrogens with one attached hydrogen (secondary N) is 3. The van der Waals surface area contributed by atoms with E-state index in [1.807, 2.05) is 33.8 Å². The molecule has 0 spiro atoms. The highest BCUT2D eigenvalue weighted by atomic mass is 19.4. The third-order valence-electron chi connectivity index (χ3n) is 8.21. The van der Waals surface area contributed by atoms with Crippen molar-refractivity contribution in [1.82, 2.24) is 20.9 Å². The Hall–Kier alpha value is -2.88. The van der Waals surface area contributed by atoms with E-state index in [0.29, 0.717) is 12.8 Å². The third kappa shape index (κ3) is 6.48. The predicted molar refractivity (Wildman–Crippen MR) is 132 cm³/mol. The van der Waals surface area contributed by atoms with Crippen molar-refractivity contribution in [2.24, 2.45) is 23.2 Å². The number of fused-ring (bicyclic) bond motifs is 1. The summed E-state index contributed by atoms with van der Waals surface area (Å²) in [5.41, 5.74) is -0.733. The van der Waals surface area contributed by atoms with Gasteiger partial charge < -0.3 is 25.6 Å². The van der Waals surface area contributed by atoms with Crippen LogP contribution in [0.15, 0.2) is 0 Å². The Kier molecular flexibility index (Phi) is 8.60. The van der Waals surface area contributed by atoms with E-state index in [1.54, 1.807) is 12.2 Å². The fraction of sp³-hybridized carbons (Fsp3) is 0.808. The van der Waals surface area contributed by atoms with Crippen molar-refractivity contribution in [2.45, 2.75) is 96.7 Å². The van der Waals surface area contributed by atoms with Gasteiger partial charge in [-0.3, -0.25) is 19.2 Å². The molecule has 1 aliphatic carbocycles. The number of halogens is 3. The zero-order chi connectivity index (χ0) is 29.5. The molecule has 2 saturated heterocycles. The molecule has 1 saturated carbocycles. The van der Waals surface area contributed by atoms with Crippen molar-refractivity contribution >= 4 is 23.6 Å². The van der Waals surface area contributed by atoms with E-state index in [1.165, 1.54) is 11.8 Å². The van der Waals surface area contributed by atoms with E-state index in [2.05, 4.69) is 10.6 Å². The molecule has 218 valence electrons. The molecule has 0 bridgehead atoms. The number of nitriles is 1. The van der Waals surface area contributed by atoms with Crippen LogP contribution in [-0.2, 0) is 23.9 Å². The van der Waals surface area contributed by atoms with Crippen LogP contribution in [-0.4, -0.2) is 77.6 Å². The average molecular weight is 558 g/mol. The van der Waals surface area contributed by atoms with E-state index in [4.69, 9.17) is 4.74 Å². The van der Waals surface area contributed by atoms with Gasteiger partial charge in [-0.15, -0.1) is 0 Å². The summed E-state index contributed by atoms with van der Waals surface area (Å²) in [4.78, 5) is 52.4. The van der Waals surface area contributed by atoms with Gasteiger partial charge in [-0.25, -0.2) is 0 Å². The van der Waals surface area contributed by atoms with E-state index in [0.717, 1.165) is 0 Å². The molecule has 3 N–H and O–H groups in total. The summed E-state index contributed by atoms with van der Waals surface area (Å²) < 4.78 is 44.7. The molecular weight excluding hydrogens is 519 g/mol. The molecule has 7 atom stereocenters. The Balaban J connectivity index is 1.80. The van der Waals surface area contributed by atoms with Crippen LogP contribution in [0.1, 0.15) is 60.8 Å². The molecule has 2 heterocycles. The summed E-state index contributed by atoms with van der Waals surface area (Å²) >= 11 is 0. The van der Waals surface area contributed by atoms with Gasteiger partial charge in [0.15, 0.2) is 0 Å². The zero-order valence-corrected chi connectivity index (χ0v) is 23.1. The van der Waals surface area contributed by atoms with Gasteiger partial charge in [-0.1, -0.05) is 20.8 Å². The first kappa shape index (κ1) is 30.7. The fourth-order valence-electron chi connectivity index (χ4n) is 6.07. The van der Waals surface area contributed by atoms with Crippen molar-refractivity contribution in [1.29, 1.82) is 5.26 Å². The number of amides is 4. The number of ether oxygens (including phenoxy) is 1. The minimum atomic E-state index is -5.21. The molecule has 0 radical (unpaired) electrons. The number of rotatable bonds is 10. The van der Waals surface area contributed by atoms with Gasteiger partial charge >= 0.3 is 12.1 Å². The highest BCUT2D eigenvalue weighted by molar-refractivity contribution is 5.95. The first-order valence-corrected chi connectivity index (χ1v) is 13.3. The second-order valence-electron chi connectivity index (χ2n) is 12.1. The van der Waals surface area contributed by atoms with Crippen molar-refractivity contribution in [3.63, 3.8) is 0 Å². The summed E-state index contributed by atoms with van der Waals surface area (Å²) in [6, 6.07) is -1.71. The number of nitrogens with zero attached hydrogens (tertiary/aromatic N) is 2. The molecule has 7 unspecified atom stereocenters. The minimum absolute atomic E-state index is 0.0787. The summed E-state index contributed by atoms with van der Waals surface area (Å²) in [6.07, 6.45) is -5.19. The number of alkyl halides is 3. The van der Waals surface area contributed by atoms with Crippen LogP contribution in [0.2, 0.25) is 0 Å². The molecule has 4 amide bonds. The molecule has 10 nitrogen and oxygen atoms in total. The number of hydrogen-bond acceptors (Lipinski definition) is 6. The Morgan fingerprint density at radius 1 is 1.23 bits per heavy atom. The van der Waals surface area contributed by atoms with Crippen molar-refractivity contribution in [3.8, 4) is 6.07 Å². The van der Waals surface area contributed by atoms with Gasteiger partial charge in [0.05, 0.1) is 12.2 Å². The minimum Gasteiger partial charge on any atom is -0.376 e. The number of carbonyl (C=O) groups excluding carboxylic acids is 4. The van der Waals surface area contributed by atoms with Crippen molar-refractivity contribution < 1.29 is 37.1 Å². The Bertz CT molecular complexity index is 1040. The monoisotopic (exact) mass is 557 g/mol. The Labute approximate surface area is 226 Å². The van der Waals surface area contributed by atoms with Crippen molar-refractivity contribution in [2.75, 3.05) is 13.2 Å². The number of carbonyl (C=O) groups is 4. The summed E-state index contributed by atoms with van der Waals surface area (Å²) in [6.45, 7) is 11.1. The first-order valence-electron chi connectivity index (χ1n) is 13.3. The van der Waals surface area contributed by atoms with E-state index in [9.17, 15) is 37.6 Å². The van der Waals surface area contributed by atoms with Crippen LogP contribution in [0.25, 0.3) is 0 Å². The van der Waals surface area contributed by atoms with Crippen molar-refractivity contribution in [3.05, 3.63) is 0 Å². The van der Waals surface area contributed by atoms with Crippen LogP contribution >= 0.6 is 0 Å². The smallest absolute Gasteiger partial charge is 0.376 e.